The van der Waals surface area contributed by atoms with Gasteiger partial charge in [-0.1, -0.05) is 13.8 Å². The van der Waals surface area contributed by atoms with E-state index in [9.17, 15) is 14.9 Å². The number of ether oxygens (including phenoxy) is 2. The lowest BCUT2D eigenvalue weighted by Gasteiger charge is -2.09. The fourth-order valence-corrected chi connectivity index (χ4v) is 1.47. The molecule has 0 radical (unpaired) electrons. The summed E-state index contributed by atoms with van der Waals surface area (Å²) >= 11 is 0. The molecule has 0 amide bonds. The minimum Gasteiger partial charge on any atom is -0.491 e. The molecule has 0 bridgehead atoms. The Kier molecular flexibility index (Phi) is 5.92. The second kappa shape index (κ2) is 7.44. The quantitative estimate of drug-likeness (QED) is 0.446. The molecule has 0 aliphatic carbocycles. The highest BCUT2D eigenvalue weighted by Crippen LogP contribution is 2.24. The third-order valence-corrected chi connectivity index (χ3v) is 2.34. The number of hydrogen-bond donors (Lipinski definition) is 1. The van der Waals surface area contributed by atoms with Crippen LogP contribution in [0.25, 0.3) is 0 Å². The average Bonchev–Trinajstić information content (AvgIpc) is 2.37. The monoisotopic (exact) mass is 283 g/mol. The molecular formula is C13H17NO6. The SMILES string of the molecule is CC(C)COCCOc1ccc(C(=O)O)c([N+](=O)[O-])c1. The van der Waals surface area contributed by atoms with Crippen LogP contribution in [0.1, 0.15) is 24.2 Å². The van der Waals surface area contributed by atoms with Crippen LogP contribution in [0.5, 0.6) is 5.75 Å². The average molecular weight is 283 g/mol. The Hall–Kier alpha value is -2.15. The number of nitro groups is 1. The van der Waals surface area contributed by atoms with Gasteiger partial charge in [0.15, 0.2) is 0 Å². The number of carboxylic acids is 1. The van der Waals surface area contributed by atoms with Crippen molar-refractivity contribution in [1.82, 2.24) is 0 Å². The summed E-state index contributed by atoms with van der Waals surface area (Å²) in [7, 11) is 0. The molecule has 0 spiro atoms. The molecule has 1 N–H and O–H groups in total. The zero-order valence-corrected chi connectivity index (χ0v) is 11.4. The predicted molar refractivity (Wildman–Crippen MR) is 71.2 cm³/mol. The summed E-state index contributed by atoms with van der Waals surface area (Å²) in [6.45, 7) is 5.27. The van der Waals surface area contributed by atoms with Crippen molar-refractivity contribution in [1.29, 1.82) is 0 Å². The van der Waals surface area contributed by atoms with Crippen LogP contribution in [-0.2, 0) is 4.74 Å². The van der Waals surface area contributed by atoms with Crippen LogP contribution in [0.2, 0.25) is 0 Å². The van der Waals surface area contributed by atoms with Gasteiger partial charge in [0.2, 0.25) is 0 Å². The molecule has 0 aliphatic heterocycles. The van der Waals surface area contributed by atoms with Crippen LogP contribution in [-0.4, -0.2) is 35.8 Å². The second-order valence-corrected chi connectivity index (χ2v) is 4.56. The molecule has 7 nitrogen and oxygen atoms in total. The zero-order chi connectivity index (χ0) is 15.1. The largest absolute Gasteiger partial charge is 0.491 e. The lowest BCUT2D eigenvalue weighted by molar-refractivity contribution is -0.385. The van der Waals surface area contributed by atoms with E-state index in [0.29, 0.717) is 19.1 Å². The first kappa shape index (κ1) is 15.9. The normalized spacial score (nSPS) is 10.6. The predicted octanol–water partition coefficient (Wildman–Crippen LogP) is 2.34. The van der Waals surface area contributed by atoms with Crippen molar-refractivity contribution in [2.75, 3.05) is 19.8 Å². The molecule has 0 saturated heterocycles. The fourth-order valence-electron chi connectivity index (χ4n) is 1.47. The van der Waals surface area contributed by atoms with Gasteiger partial charge in [-0.2, -0.15) is 0 Å². The van der Waals surface area contributed by atoms with E-state index in [4.69, 9.17) is 14.6 Å². The smallest absolute Gasteiger partial charge is 0.342 e. The summed E-state index contributed by atoms with van der Waals surface area (Å²) in [5.41, 5.74) is -0.850. The van der Waals surface area contributed by atoms with Crippen molar-refractivity contribution < 1.29 is 24.3 Å². The van der Waals surface area contributed by atoms with Gasteiger partial charge in [0.1, 0.15) is 17.9 Å². The summed E-state index contributed by atoms with van der Waals surface area (Å²) in [4.78, 5) is 20.9. The molecule has 0 fully saturated rings. The van der Waals surface area contributed by atoms with Gasteiger partial charge in [0.25, 0.3) is 5.69 Å². The molecule has 0 unspecified atom stereocenters. The molecule has 20 heavy (non-hydrogen) atoms. The van der Waals surface area contributed by atoms with Crippen molar-refractivity contribution in [3.63, 3.8) is 0 Å². The molecule has 0 aliphatic rings. The minimum atomic E-state index is -1.34. The second-order valence-electron chi connectivity index (χ2n) is 4.56. The highest BCUT2D eigenvalue weighted by Gasteiger charge is 2.20. The number of hydrogen-bond acceptors (Lipinski definition) is 5. The Morgan fingerprint density at radius 2 is 2.10 bits per heavy atom. The van der Waals surface area contributed by atoms with Crippen LogP contribution in [0, 0.1) is 16.0 Å². The third-order valence-electron chi connectivity index (χ3n) is 2.34. The maximum Gasteiger partial charge on any atom is 0.342 e. The molecule has 0 aromatic heterocycles. The van der Waals surface area contributed by atoms with E-state index in [2.05, 4.69) is 0 Å². The standard InChI is InChI=1S/C13H17NO6/c1-9(2)8-19-5-6-20-10-3-4-11(13(15)16)12(7-10)14(17)18/h3-4,7,9H,5-6,8H2,1-2H3,(H,15,16). The molecule has 0 saturated carbocycles. The molecule has 1 aromatic carbocycles. The van der Waals surface area contributed by atoms with Gasteiger partial charge in [-0.05, 0) is 18.1 Å². The Morgan fingerprint density at radius 1 is 1.40 bits per heavy atom. The van der Waals surface area contributed by atoms with Crippen molar-refractivity contribution >= 4 is 11.7 Å². The molecular weight excluding hydrogens is 266 g/mol. The van der Waals surface area contributed by atoms with E-state index in [1.807, 2.05) is 13.8 Å². The molecule has 0 heterocycles. The van der Waals surface area contributed by atoms with Crippen LogP contribution >= 0.6 is 0 Å². The number of nitrogens with zero attached hydrogens (tertiary/aromatic N) is 1. The van der Waals surface area contributed by atoms with Crippen LogP contribution in [0.3, 0.4) is 0 Å². The zero-order valence-electron chi connectivity index (χ0n) is 11.4. The Morgan fingerprint density at radius 3 is 2.65 bits per heavy atom. The van der Waals surface area contributed by atoms with E-state index >= 15 is 0 Å². The van der Waals surface area contributed by atoms with Crippen molar-refractivity contribution in [2.24, 2.45) is 5.92 Å². The fraction of sp³-hybridized carbons (Fsp3) is 0.462. The number of aromatic carboxylic acids is 1. The number of rotatable bonds is 8. The highest BCUT2D eigenvalue weighted by molar-refractivity contribution is 5.92. The van der Waals surface area contributed by atoms with Gasteiger partial charge >= 0.3 is 5.97 Å². The lowest BCUT2D eigenvalue weighted by Crippen LogP contribution is -2.10. The first-order valence-corrected chi connectivity index (χ1v) is 6.14. The van der Waals surface area contributed by atoms with Crippen LogP contribution in [0.4, 0.5) is 5.69 Å². The topological polar surface area (TPSA) is 98.9 Å². The van der Waals surface area contributed by atoms with E-state index < -0.39 is 16.6 Å². The van der Waals surface area contributed by atoms with Crippen molar-refractivity contribution in [3.8, 4) is 5.75 Å². The van der Waals surface area contributed by atoms with E-state index in [1.54, 1.807) is 0 Å². The summed E-state index contributed by atoms with van der Waals surface area (Å²) in [6, 6.07) is 3.65. The maximum absolute atomic E-state index is 10.8. The third kappa shape index (κ3) is 4.85. The van der Waals surface area contributed by atoms with Gasteiger partial charge in [-0.3, -0.25) is 10.1 Å². The first-order valence-electron chi connectivity index (χ1n) is 6.14. The highest BCUT2D eigenvalue weighted by atomic mass is 16.6. The Balaban J connectivity index is 2.61. The van der Waals surface area contributed by atoms with Gasteiger partial charge in [0, 0.05) is 6.61 Å². The van der Waals surface area contributed by atoms with E-state index in [0.717, 1.165) is 12.1 Å². The minimum absolute atomic E-state index is 0.245. The number of benzene rings is 1. The van der Waals surface area contributed by atoms with Crippen molar-refractivity contribution in [2.45, 2.75) is 13.8 Å². The van der Waals surface area contributed by atoms with Gasteiger partial charge in [0.05, 0.1) is 17.6 Å². The van der Waals surface area contributed by atoms with Crippen molar-refractivity contribution in [3.05, 3.63) is 33.9 Å². The Labute approximate surface area is 116 Å². The number of carbonyl (C=O) groups is 1. The molecule has 1 rings (SSSR count). The molecule has 1 aromatic rings. The molecule has 110 valence electrons. The maximum atomic E-state index is 10.8. The van der Waals surface area contributed by atoms with Crippen LogP contribution in [0.15, 0.2) is 18.2 Å². The summed E-state index contributed by atoms with van der Waals surface area (Å²) < 4.78 is 10.6. The lowest BCUT2D eigenvalue weighted by atomic mass is 10.2. The summed E-state index contributed by atoms with van der Waals surface area (Å²) in [5.74, 6) is -0.677. The van der Waals surface area contributed by atoms with E-state index in [1.165, 1.54) is 6.07 Å². The van der Waals surface area contributed by atoms with Gasteiger partial charge in [-0.25, -0.2) is 4.79 Å². The van der Waals surface area contributed by atoms with Gasteiger partial charge < -0.3 is 14.6 Å². The summed E-state index contributed by atoms with van der Waals surface area (Å²) in [5, 5.41) is 19.6. The number of nitro benzene ring substituents is 1. The van der Waals surface area contributed by atoms with E-state index in [-0.39, 0.29) is 17.9 Å². The van der Waals surface area contributed by atoms with Gasteiger partial charge in [-0.15, -0.1) is 0 Å². The molecule has 7 heteroatoms. The van der Waals surface area contributed by atoms with Crippen LogP contribution < -0.4 is 4.74 Å². The Bertz CT molecular complexity index is 486. The molecule has 0 atom stereocenters. The first-order chi connectivity index (χ1) is 9.41. The number of carboxylic acid groups (broad SMARTS) is 1. The summed E-state index contributed by atoms with van der Waals surface area (Å²) in [6.07, 6.45) is 0.